The van der Waals surface area contributed by atoms with Crippen LogP contribution in [0.4, 0.5) is 0 Å². The molecule has 2 aliphatic rings. The van der Waals surface area contributed by atoms with Crippen LogP contribution in [0.3, 0.4) is 0 Å². The second-order valence-corrected chi connectivity index (χ2v) is 17.6. The molecule has 6 heteroatoms. The number of rotatable bonds is 8. The monoisotopic (exact) mass is 856 g/mol. The first kappa shape index (κ1) is 32.8. The third-order valence-corrected chi connectivity index (χ3v) is 16.4. The molecule has 3 aromatic carbocycles. The van der Waals surface area contributed by atoms with Gasteiger partial charge in [-0.15, -0.1) is 0 Å². The molecule has 2 aromatic heterocycles. The summed E-state index contributed by atoms with van der Waals surface area (Å²) in [6.07, 6.45) is 13.0. The molecule has 0 spiro atoms. The van der Waals surface area contributed by atoms with E-state index < -0.39 is 7.26 Å². The normalized spacial score (nSPS) is 16.6. The summed E-state index contributed by atoms with van der Waals surface area (Å²) in [5.74, 6) is 0.126. The number of hydrogen-bond acceptors (Lipinski definition) is 4. The molecule has 1 aliphatic carbocycles. The van der Waals surface area contributed by atoms with Crippen LogP contribution in [0.25, 0.3) is 21.9 Å². The van der Waals surface area contributed by atoms with Crippen molar-refractivity contribution in [2.45, 2.75) is 13.8 Å². The Morgan fingerprint density at radius 2 is 1.25 bits per heavy atom. The molecule has 0 amide bonds. The Morgan fingerprint density at radius 1 is 0.750 bits per heavy atom. The third kappa shape index (κ3) is 5.91. The van der Waals surface area contributed by atoms with Gasteiger partial charge < -0.3 is 0 Å². The molecule has 0 N–H and O–H groups in total. The molecule has 7 rings (SSSR count). The van der Waals surface area contributed by atoms with Crippen LogP contribution in [0.2, 0.25) is 0 Å². The van der Waals surface area contributed by atoms with Crippen LogP contribution < -0.4 is 15.9 Å². The molecule has 0 radical (unpaired) electrons. The van der Waals surface area contributed by atoms with E-state index in [4.69, 9.17) is 4.74 Å². The molecule has 1 fully saturated rings. The summed E-state index contributed by atoms with van der Waals surface area (Å²) in [6.45, 7) is 5.27. The van der Waals surface area contributed by atoms with Crippen molar-refractivity contribution in [2.24, 2.45) is 0 Å². The number of benzene rings is 3. The summed E-state index contributed by atoms with van der Waals surface area (Å²) in [6, 6.07) is 36.9. The van der Waals surface area contributed by atoms with Gasteiger partial charge in [0.2, 0.25) is 0 Å². The molecular formula is C42H33O2OsPS2+. The zero-order valence-corrected chi connectivity index (χ0v) is 31.7. The number of ether oxygens (including phenoxy) is 1. The van der Waals surface area contributed by atoms with E-state index in [0.29, 0.717) is 13.2 Å². The van der Waals surface area contributed by atoms with Gasteiger partial charge >= 0.3 is 290 Å². The van der Waals surface area contributed by atoms with Crippen molar-refractivity contribution >= 4 is 63.8 Å². The molecule has 5 aromatic rings. The van der Waals surface area contributed by atoms with Crippen molar-refractivity contribution in [1.29, 1.82) is 0 Å². The van der Waals surface area contributed by atoms with Crippen molar-refractivity contribution < 1.29 is 27.5 Å². The molecule has 0 unspecified atom stereocenters. The molecule has 0 saturated carbocycles. The van der Waals surface area contributed by atoms with Crippen LogP contribution in [0.1, 0.15) is 39.5 Å². The summed E-state index contributed by atoms with van der Waals surface area (Å²) in [5, 5.41) is 5.00. The van der Waals surface area contributed by atoms with Crippen molar-refractivity contribution in [3.8, 4) is 14.1 Å². The SMILES string of the molecule is CC=C1COCC1=CC(/C=C/c1cc2c(s1)-c1sc(/C=C/C)cc1C2=O)=C([C]#[Os])[P+](c1ccccc1)(c1ccccc1)c1ccccc1. The summed E-state index contributed by atoms with van der Waals surface area (Å²) in [4.78, 5) is 17.8. The van der Waals surface area contributed by atoms with Crippen LogP contribution in [0.15, 0.2) is 149 Å². The first-order valence-corrected chi connectivity index (χ1v) is 20.5. The van der Waals surface area contributed by atoms with Gasteiger partial charge in [-0.1, -0.05) is 6.08 Å². The summed E-state index contributed by atoms with van der Waals surface area (Å²) >= 11 is 5.18. The van der Waals surface area contributed by atoms with Gasteiger partial charge in [0.25, 0.3) is 0 Å². The maximum atomic E-state index is 13.4. The van der Waals surface area contributed by atoms with Gasteiger partial charge in [-0.2, -0.15) is 0 Å². The Labute approximate surface area is 300 Å². The van der Waals surface area contributed by atoms with Gasteiger partial charge in [-0.05, 0) is 6.92 Å². The Bertz CT molecular complexity index is 2100. The molecule has 3 heterocycles. The second-order valence-electron chi connectivity index (χ2n) is 11.5. The van der Waals surface area contributed by atoms with E-state index in [1.807, 2.05) is 19.1 Å². The number of fused-ring (bicyclic) bond motifs is 3. The fraction of sp³-hybridized carbons (Fsp3) is 0.0952. The van der Waals surface area contributed by atoms with E-state index in [9.17, 15) is 4.79 Å². The van der Waals surface area contributed by atoms with Gasteiger partial charge in [-0.3, -0.25) is 0 Å². The van der Waals surface area contributed by atoms with Crippen LogP contribution in [-0.2, 0) is 22.7 Å². The van der Waals surface area contributed by atoms with Gasteiger partial charge in [0, 0.05) is 0 Å². The fourth-order valence-electron chi connectivity index (χ4n) is 6.48. The zero-order chi connectivity index (χ0) is 33.1. The first-order chi connectivity index (χ1) is 23.6. The quantitative estimate of drug-likeness (QED) is 0.113. The predicted octanol–water partition coefficient (Wildman–Crippen LogP) is 9.72. The number of carbonyl (C=O) groups excluding carboxylic acids is 1. The summed E-state index contributed by atoms with van der Waals surface area (Å²) in [7, 11) is -2.42. The Balaban J connectivity index is 1.48. The van der Waals surface area contributed by atoms with Crippen molar-refractivity contribution in [3.63, 3.8) is 0 Å². The molecule has 1 aliphatic heterocycles. The van der Waals surface area contributed by atoms with E-state index in [1.165, 1.54) is 32.4 Å². The minimum absolute atomic E-state index is 0.126. The average Bonchev–Trinajstić information content (AvgIpc) is 3.91. The van der Waals surface area contributed by atoms with Crippen molar-refractivity contribution in [2.75, 3.05) is 13.2 Å². The maximum absolute atomic E-state index is 13.4. The Morgan fingerprint density at radius 3 is 1.73 bits per heavy atom. The predicted molar refractivity (Wildman–Crippen MR) is 204 cm³/mol. The molecule has 48 heavy (non-hydrogen) atoms. The Hall–Kier alpha value is -3.76. The van der Waals surface area contributed by atoms with E-state index in [0.717, 1.165) is 36.2 Å². The van der Waals surface area contributed by atoms with Crippen molar-refractivity contribution in [1.82, 2.24) is 0 Å². The van der Waals surface area contributed by atoms with Gasteiger partial charge in [0.15, 0.2) is 0 Å². The molecule has 1 saturated heterocycles. The van der Waals surface area contributed by atoms with Crippen LogP contribution >= 0.6 is 29.9 Å². The van der Waals surface area contributed by atoms with Gasteiger partial charge in [0.1, 0.15) is 0 Å². The molecular weight excluding hydrogens is 822 g/mol. The third-order valence-electron chi connectivity index (χ3n) is 8.68. The van der Waals surface area contributed by atoms with E-state index in [1.54, 1.807) is 40.6 Å². The van der Waals surface area contributed by atoms with Gasteiger partial charge in [-0.25, -0.2) is 0 Å². The van der Waals surface area contributed by atoms with E-state index in [-0.39, 0.29) is 5.78 Å². The molecule has 0 atom stereocenters. The molecule has 0 bridgehead atoms. The van der Waals surface area contributed by atoms with E-state index in [2.05, 4.69) is 139 Å². The van der Waals surface area contributed by atoms with E-state index >= 15 is 0 Å². The minimum atomic E-state index is -2.42. The van der Waals surface area contributed by atoms with Crippen LogP contribution in [-0.4, -0.2) is 19.0 Å². The Kier molecular flexibility index (Phi) is 9.82. The molecule has 237 valence electrons. The topological polar surface area (TPSA) is 26.3 Å². The van der Waals surface area contributed by atoms with Gasteiger partial charge in [0.05, 0.1) is 0 Å². The number of hydrogen-bond donors (Lipinski definition) is 0. The number of ketones is 1. The average molecular weight is 855 g/mol. The summed E-state index contributed by atoms with van der Waals surface area (Å²) < 4.78 is 9.75. The molecule has 2 nitrogen and oxygen atoms in total. The summed E-state index contributed by atoms with van der Waals surface area (Å²) in [5.41, 5.74) is 5.14. The number of thiophene rings is 2. The number of allylic oxidation sites excluding steroid dienone is 6. The van der Waals surface area contributed by atoms with Crippen LogP contribution in [0.5, 0.6) is 0 Å². The number of carbonyl (C=O) groups is 1. The standard InChI is InChI=1S/C42H33O2PS2.Os/c1-4-15-36-25-38-40(43)39-26-37(47-42(39)41(38)46-36)23-22-31(24-32-28-44-27-30(32)5-2)29(3)45(33-16-9-6-10-17-33,34-18-11-7-12-19-34)35-20-13-8-14-21-35;/h4-26H,27-28H2,1-2H3;/q+1;/b15-4+,23-22+,30-5?,31-29?,32-24?;. The second kappa shape index (κ2) is 14.4. The first-order valence-electron chi connectivity index (χ1n) is 15.8. The zero-order valence-electron chi connectivity index (χ0n) is 26.6. The van der Waals surface area contributed by atoms with Crippen LogP contribution in [0, 0.1) is 4.37 Å². The van der Waals surface area contributed by atoms with Crippen molar-refractivity contribution in [3.05, 3.63) is 170 Å². The fourth-order valence-corrected chi connectivity index (χ4v) is 14.6.